The van der Waals surface area contributed by atoms with Crippen molar-refractivity contribution < 1.29 is 23.0 Å². The lowest BCUT2D eigenvalue weighted by Gasteiger charge is -2.09. The molecule has 15 heavy (non-hydrogen) atoms. The molecule has 0 heterocycles. The summed E-state index contributed by atoms with van der Waals surface area (Å²) in [6.07, 6.45) is 0. The van der Waals surface area contributed by atoms with Gasteiger partial charge in [0.2, 0.25) is 0 Å². The Balaban J connectivity index is 3.47. The van der Waals surface area contributed by atoms with E-state index in [1.165, 1.54) is 0 Å². The normalized spacial score (nSPS) is 9.87. The standard InChI is InChI=1S/C9H9F2NO3/c1-14-5-3-4(10)8(12)6(7(5)11)9(13)15-2/h3H,12H2,1-2H3. The van der Waals surface area contributed by atoms with Gasteiger partial charge in [-0.15, -0.1) is 0 Å². The van der Waals surface area contributed by atoms with Gasteiger partial charge < -0.3 is 15.2 Å². The Hall–Kier alpha value is -1.85. The molecular weight excluding hydrogens is 208 g/mol. The van der Waals surface area contributed by atoms with Gasteiger partial charge in [0.1, 0.15) is 5.56 Å². The molecule has 82 valence electrons. The van der Waals surface area contributed by atoms with E-state index in [0.717, 1.165) is 20.3 Å². The van der Waals surface area contributed by atoms with Crippen LogP contribution in [0.15, 0.2) is 6.07 Å². The number of hydrogen-bond acceptors (Lipinski definition) is 4. The highest BCUT2D eigenvalue weighted by atomic mass is 19.1. The summed E-state index contributed by atoms with van der Waals surface area (Å²) in [6.45, 7) is 0. The molecule has 0 bridgehead atoms. The highest BCUT2D eigenvalue weighted by Crippen LogP contribution is 2.28. The lowest BCUT2D eigenvalue weighted by molar-refractivity contribution is 0.0595. The number of nitrogen functional groups attached to an aromatic ring is 1. The van der Waals surface area contributed by atoms with Crippen molar-refractivity contribution in [3.63, 3.8) is 0 Å². The lowest BCUT2D eigenvalue weighted by Crippen LogP contribution is -2.11. The maximum absolute atomic E-state index is 13.5. The van der Waals surface area contributed by atoms with Crippen molar-refractivity contribution in [2.45, 2.75) is 0 Å². The molecule has 0 unspecified atom stereocenters. The van der Waals surface area contributed by atoms with Crippen LogP contribution in [0.1, 0.15) is 10.4 Å². The molecule has 1 aromatic carbocycles. The highest BCUT2D eigenvalue weighted by molar-refractivity contribution is 5.96. The Morgan fingerprint density at radius 1 is 1.40 bits per heavy atom. The first-order chi connectivity index (χ1) is 7.02. The first kappa shape index (κ1) is 11.2. The SMILES string of the molecule is COC(=O)c1c(N)c(F)cc(OC)c1F. The van der Waals surface area contributed by atoms with Gasteiger partial charge in [-0.05, 0) is 0 Å². The third-order valence-electron chi connectivity index (χ3n) is 1.83. The molecule has 1 rings (SSSR count). The molecule has 0 amide bonds. The summed E-state index contributed by atoms with van der Waals surface area (Å²) in [6, 6.07) is 0.761. The van der Waals surface area contributed by atoms with Crippen LogP contribution < -0.4 is 10.5 Å². The van der Waals surface area contributed by atoms with Gasteiger partial charge in [0.05, 0.1) is 19.9 Å². The number of ether oxygens (including phenoxy) is 2. The van der Waals surface area contributed by atoms with Crippen molar-refractivity contribution in [3.8, 4) is 5.75 Å². The topological polar surface area (TPSA) is 61.5 Å². The van der Waals surface area contributed by atoms with Crippen LogP contribution in [0, 0.1) is 11.6 Å². The summed E-state index contributed by atoms with van der Waals surface area (Å²) in [5.74, 6) is -3.43. The molecule has 0 aliphatic heterocycles. The van der Waals surface area contributed by atoms with Crippen LogP contribution in [-0.4, -0.2) is 20.2 Å². The van der Waals surface area contributed by atoms with Crippen molar-refractivity contribution in [1.82, 2.24) is 0 Å². The lowest BCUT2D eigenvalue weighted by atomic mass is 10.1. The number of nitrogens with two attached hydrogens (primary N) is 1. The van der Waals surface area contributed by atoms with E-state index in [4.69, 9.17) is 5.73 Å². The number of methoxy groups -OCH3 is 2. The minimum Gasteiger partial charge on any atom is -0.494 e. The Morgan fingerprint density at radius 2 is 2.00 bits per heavy atom. The zero-order chi connectivity index (χ0) is 11.6. The van der Waals surface area contributed by atoms with E-state index in [1.54, 1.807) is 0 Å². The number of carbonyl (C=O) groups excluding carboxylic acids is 1. The highest BCUT2D eigenvalue weighted by Gasteiger charge is 2.23. The van der Waals surface area contributed by atoms with Gasteiger partial charge in [0.25, 0.3) is 0 Å². The first-order valence-electron chi connectivity index (χ1n) is 3.92. The fraction of sp³-hybridized carbons (Fsp3) is 0.222. The van der Waals surface area contributed by atoms with Gasteiger partial charge in [-0.25, -0.2) is 13.6 Å². The third-order valence-corrected chi connectivity index (χ3v) is 1.83. The van der Waals surface area contributed by atoms with Crippen LogP contribution in [-0.2, 0) is 4.74 Å². The molecule has 4 nitrogen and oxygen atoms in total. The van der Waals surface area contributed by atoms with Crippen LogP contribution in [0.5, 0.6) is 5.75 Å². The zero-order valence-electron chi connectivity index (χ0n) is 8.14. The van der Waals surface area contributed by atoms with E-state index >= 15 is 0 Å². The van der Waals surface area contributed by atoms with Crippen LogP contribution in [0.4, 0.5) is 14.5 Å². The zero-order valence-corrected chi connectivity index (χ0v) is 8.14. The van der Waals surface area contributed by atoms with Crippen LogP contribution in [0.3, 0.4) is 0 Å². The molecule has 0 saturated heterocycles. The van der Waals surface area contributed by atoms with Crippen molar-refractivity contribution >= 4 is 11.7 Å². The van der Waals surface area contributed by atoms with Gasteiger partial charge in [-0.3, -0.25) is 0 Å². The second kappa shape index (κ2) is 4.12. The Kier molecular flexibility index (Phi) is 3.08. The number of halogens is 2. The molecule has 2 N–H and O–H groups in total. The predicted octanol–water partition coefficient (Wildman–Crippen LogP) is 1.34. The summed E-state index contributed by atoms with van der Waals surface area (Å²) in [7, 11) is 2.19. The van der Waals surface area contributed by atoms with E-state index in [0.29, 0.717) is 0 Å². The molecule has 0 radical (unpaired) electrons. The second-order valence-electron chi connectivity index (χ2n) is 2.65. The number of benzene rings is 1. The number of esters is 1. The monoisotopic (exact) mass is 217 g/mol. The summed E-state index contributed by atoms with van der Waals surface area (Å²) in [5.41, 5.74) is 3.96. The smallest absolute Gasteiger partial charge is 0.343 e. The molecular formula is C9H9F2NO3. The molecule has 0 atom stereocenters. The summed E-state index contributed by atoms with van der Waals surface area (Å²) in [4.78, 5) is 11.1. The minimum absolute atomic E-state index is 0.401. The molecule has 0 spiro atoms. The third kappa shape index (κ3) is 1.83. The second-order valence-corrected chi connectivity index (χ2v) is 2.65. The van der Waals surface area contributed by atoms with Crippen LogP contribution >= 0.6 is 0 Å². The fourth-order valence-electron chi connectivity index (χ4n) is 1.07. The Morgan fingerprint density at radius 3 is 2.47 bits per heavy atom. The quantitative estimate of drug-likeness (QED) is 0.599. The van der Waals surface area contributed by atoms with E-state index < -0.39 is 34.6 Å². The first-order valence-corrected chi connectivity index (χ1v) is 3.92. The number of hydrogen-bond donors (Lipinski definition) is 1. The van der Waals surface area contributed by atoms with Crippen LogP contribution in [0.2, 0.25) is 0 Å². The summed E-state index contributed by atoms with van der Waals surface area (Å²) >= 11 is 0. The van der Waals surface area contributed by atoms with Crippen molar-refractivity contribution in [2.24, 2.45) is 0 Å². The molecule has 0 saturated carbocycles. The van der Waals surface area contributed by atoms with Gasteiger partial charge in [0, 0.05) is 6.07 Å². The molecule has 0 aliphatic carbocycles. The minimum atomic E-state index is -1.05. The van der Waals surface area contributed by atoms with E-state index in [9.17, 15) is 13.6 Å². The predicted molar refractivity (Wildman–Crippen MR) is 48.7 cm³/mol. The molecule has 6 heteroatoms. The average molecular weight is 217 g/mol. The van der Waals surface area contributed by atoms with Gasteiger partial charge in [-0.2, -0.15) is 0 Å². The van der Waals surface area contributed by atoms with Gasteiger partial charge in [0.15, 0.2) is 17.4 Å². The van der Waals surface area contributed by atoms with Crippen molar-refractivity contribution in [2.75, 3.05) is 20.0 Å². The van der Waals surface area contributed by atoms with E-state index in [2.05, 4.69) is 9.47 Å². The summed E-state index contributed by atoms with van der Waals surface area (Å²) in [5, 5.41) is 0. The van der Waals surface area contributed by atoms with E-state index in [-0.39, 0.29) is 0 Å². The summed E-state index contributed by atoms with van der Waals surface area (Å²) < 4.78 is 35.4. The van der Waals surface area contributed by atoms with Gasteiger partial charge in [-0.1, -0.05) is 0 Å². The Bertz CT molecular complexity index is 407. The maximum atomic E-state index is 13.5. The van der Waals surface area contributed by atoms with Gasteiger partial charge >= 0.3 is 5.97 Å². The van der Waals surface area contributed by atoms with Crippen molar-refractivity contribution in [3.05, 3.63) is 23.3 Å². The fourth-order valence-corrected chi connectivity index (χ4v) is 1.07. The number of rotatable bonds is 2. The molecule has 1 aromatic rings. The number of carbonyl (C=O) groups is 1. The van der Waals surface area contributed by atoms with Crippen LogP contribution in [0.25, 0.3) is 0 Å². The molecule has 0 aliphatic rings. The Labute approximate surface area is 84.6 Å². The maximum Gasteiger partial charge on any atom is 0.343 e. The number of anilines is 1. The molecule has 0 fully saturated rings. The van der Waals surface area contributed by atoms with E-state index in [1.807, 2.05) is 0 Å². The van der Waals surface area contributed by atoms with Crippen molar-refractivity contribution in [1.29, 1.82) is 0 Å². The average Bonchev–Trinajstić information content (AvgIpc) is 2.23. The largest absolute Gasteiger partial charge is 0.494 e. The molecule has 0 aromatic heterocycles.